The number of alkyl halides is 3. The summed E-state index contributed by atoms with van der Waals surface area (Å²) in [4.78, 5) is 28.1. The van der Waals surface area contributed by atoms with Crippen molar-refractivity contribution in [3.63, 3.8) is 0 Å². The van der Waals surface area contributed by atoms with E-state index < -0.39 is 23.8 Å². The molecular weight excluding hydrogens is 273 g/mol. The van der Waals surface area contributed by atoms with Crippen molar-refractivity contribution in [1.82, 2.24) is 15.3 Å². The molecule has 1 aromatic heterocycles. The minimum absolute atomic E-state index is 0.218. The zero-order valence-electron chi connectivity index (χ0n) is 8.69. The van der Waals surface area contributed by atoms with Gasteiger partial charge in [0.15, 0.2) is 5.16 Å². The summed E-state index contributed by atoms with van der Waals surface area (Å²) in [6, 6.07) is -0.321. The van der Waals surface area contributed by atoms with Crippen LogP contribution in [0, 0.1) is 0 Å². The van der Waals surface area contributed by atoms with E-state index >= 15 is 0 Å². The molecular formula is C8H7F3N4O2S. The summed E-state index contributed by atoms with van der Waals surface area (Å²) < 4.78 is 36.9. The Bertz CT molecular complexity index is 466. The van der Waals surface area contributed by atoms with E-state index in [2.05, 4.69) is 15.7 Å². The van der Waals surface area contributed by atoms with Gasteiger partial charge in [0.05, 0.1) is 5.75 Å². The number of hydrogen-bond acceptors (Lipinski definition) is 5. The lowest BCUT2D eigenvalue weighted by atomic mass is 10.4. The second-order valence-electron chi connectivity index (χ2n) is 2.92. The average molecular weight is 280 g/mol. The Hall–Kier alpha value is -1.84. The number of nitrogens with zero attached hydrogens (tertiary/aromatic N) is 2. The van der Waals surface area contributed by atoms with Gasteiger partial charge >= 0.3 is 12.2 Å². The Morgan fingerprint density at radius 1 is 1.44 bits per heavy atom. The van der Waals surface area contributed by atoms with E-state index in [1.54, 1.807) is 5.32 Å². The number of carbonyl (C=O) groups is 2. The Morgan fingerprint density at radius 3 is 2.67 bits per heavy atom. The van der Waals surface area contributed by atoms with Crippen molar-refractivity contribution in [2.45, 2.75) is 11.3 Å². The summed E-state index contributed by atoms with van der Waals surface area (Å²) >= 11 is 0.659. The number of amides is 3. The van der Waals surface area contributed by atoms with Crippen molar-refractivity contribution in [2.24, 2.45) is 5.73 Å². The Balaban J connectivity index is 2.63. The van der Waals surface area contributed by atoms with Gasteiger partial charge in [-0.2, -0.15) is 13.2 Å². The van der Waals surface area contributed by atoms with Gasteiger partial charge in [-0.3, -0.25) is 10.1 Å². The standard InChI is InChI=1S/C8H7F3N4O2S/c9-8(10,11)4-1-2-13-7(14-4)18-3-5(16)15-6(12)17/h1-2H,3H2,(H3,12,15,16,17). The van der Waals surface area contributed by atoms with E-state index in [0.717, 1.165) is 6.20 Å². The highest BCUT2D eigenvalue weighted by atomic mass is 32.2. The molecule has 0 fully saturated rings. The van der Waals surface area contributed by atoms with Crippen LogP contribution in [0.2, 0.25) is 0 Å². The van der Waals surface area contributed by atoms with Crippen LogP contribution in [-0.2, 0) is 11.0 Å². The highest BCUT2D eigenvalue weighted by Crippen LogP contribution is 2.28. The third kappa shape index (κ3) is 4.57. The zero-order chi connectivity index (χ0) is 13.8. The minimum Gasteiger partial charge on any atom is -0.351 e. The second kappa shape index (κ2) is 5.67. The Kier molecular flexibility index (Phi) is 4.48. The van der Waals surface area contributed by atoms with Gasteiger partial charge < -0.3 is 5.73 Å². The van der Waals surface area contributed by atoms with Crippen LogP contribution < -0.4 is 11.1 Å². The molecule has 0 saturated carbocycles. The molecule has 1 heterocycles. The number of aromatic nitrogens is 2. The molecule has 0 unspecified atom stereocenters. The molecule has 3 amide bonds. The highest BCUT2D eigenvalue weighted by Gasteiger charge is 2.32. The molecule has 6 nitrogen and oxygen atoms in total. The molecule has 0 atom stereocenters. The van der Waals surface area contributed by atoms with Crippen molar-refractivity contribution in [3.8, 4) is 0 Å². The lowest BCUT2D eigenvalue weighted by Crippen LogP contribution is -2.36. The molecule has 0 bridgehead atoms. The van der Waals surface area contributed by atoms with Crippen molar-refractivity contribution in [3.05, 3.63) is 18.0 Å². The van der Waals surface area contributed by atoms with Crippen molar-refractivity contribution >= 4 is 23.7 Å². The maximum atomic E-state index is 12.3. The van der Waals surface area contributed by atoms with Gasteiger partial charge in [0.1, 0.15) is 5.69 Å². The van der Waals surface area contributed by atoms with Gasteiger partial charge in [-0.25, -0.2) is 14.8 Å². The molecule has 18 heavy (non-hydrogen) atoms. The lowest BCUT2D eigenvalue weighted by molar-refractivity contribution is -0.141. The van der Waals surface area contributed by atoms with E-state index in [1.807, 2.05) is 0 Å². The largest absolute Gasteiger partial charge is 0.433 e. The SMILES string of the molecule is NC(=O)NC(=O)CSc1nccc(C(F)(F)F)n1. The summed E-state index contributed by atoms with van der Waals surface area (Å²) in [7, 11) is 0. The van der Waals surface area contributed by atoms with Gasteiger partial charge in [-0.1, -0.05) is 11.8 Å². The van der Waals surface area contributed by atoms with Crippen LogP contribution in [0.3, 0.4) is 0 Å². The molecule has 98 valence electrons. The summed E-state index contributed by atoms with van der Waals surface area (Å²) in [6.07, 6.45) is -3.64. The van der Waals surface area contributed by atoms with Gasteiger partial charge in [-0.15, -0.1) is 0 Å². The minimum atomic E-state index is -4.58. The van der Waals surface area contributed by atoms with E-state index in [1.165, 1.54) is 0 Å². The first kappa shape index (κ1) is 14.2. The molecule has 3 N–H and O–H groups in total. The maximum absolute atomic E-state index is 12.3. The molecule has 0 aliphatic carbocycles. The van der Waals surface area contributed by atoms with Crippen LogP contribution >= 0.6 is 11.8 Å². The molecule has 0 aliphatic rings. The molecule has 10 heteroatoms. The van der Waals surface area contributed by atoms with Crippen LogP contribution in [0.15, 0.2) is 17.4 Å². The van der Waals surface area contributed by atoms with E-state index in [9.17, 15) is 22.8 Å². The predicted octanol–water partition coefficient (Wildman–Crippen LogP) is 0.782. The maximum Gasteiger partial charge on any atom is 0.433 e. The fourth-order valence-electron chi connectivity index (χ4n) is 0.872. The van der Waals surface area contributed by atoms with Gasteiger partial charge in [-0.05, 0) is 6.07 Å². The zero-order valence-corrected chi connectivity index (χ0v) is 9.51. The van der Waals surface area contributed by atoms with Crippen LogP contribution in [0.4, 0.5) is 18.0 Å². The summed E-state index contributed by atoms with van der Waals surface area (Å²) in [5, 5.41) is 1.54. The van der Waals surface area contributed by atoms with E-state index in [-0.39, 0.29) is 10.9 Å². The van der Waals surface area contributed by atoms with E-state index in [4.69, 9.17) is 0 Å². The third-order valence-electron chi connectivity index (χ3n) is 1.52. The monoisotopic (exact) mass is 280 g/mol. The summed E-state index contributed by atoms with van der Waals surface area (Å²) in [5.74, 6) is -1.06. The predicted molar refractivity (Wildman–Crippen MR) is 55.5 cm³/mol. The number of nitrogens with two attached hydrogens (primary N) is 1. The number of hydrogen-bond donors (Lipinski definition) is 2. The molecule has 1 aromatic rings. The number of rotatable bonds is 3. The quantitative estimate of drug-likeness (QED) is 0.630. The normalized spacial score (nSPS) is 11.1. The van der Waals surface area contributed by atoms with Crippen LogP contribution in [-0.4, -0.2) is 27.7 Å². The fourth-order valence-corrected chi connectivity index (χ4v) is 1.50. The topological polar surface area (TPSA) is 98.0 Å². The van der Waals surface area contributed by atoms with Gasteiger partial charge in [0.2, 0.25) is 5.91 Å². The molecule has 0 aromatic carbocycles. The van der Waals surface area contributed by atoms with Crippen molar-refractivity contribution in [2.75, 3.05) is 5.75 Å². The number of urea groups is 1. The van der Waals surface area contributed by atoms with Crippen molar-refractivity contribution in [1.29, 1.82) is 0 Å². The molecule has 0 spiro atoms. The van der Waals surface area contributed by atoms with E-state index in [0.29, 0.717) is 17.8 Å². The summed E-state index contributed by atoms with van der Waals surface area (Å²) in [5.41, 5.74) is 3.58. The fraction of sp³-hybridized carbons (Fsp3) is 0.250. The third-order valence-corrected chi connectivity index (χ3v) is 2.38. The molecule has 0 saturated heterocycles. The highest BCUT2D eigenvalue weighted by molar-refractivity contribution is 7.99. The van der Waals surface area contributed by atoms with Gasteiger partial charge in [0, 0.05) is 6.20 Å². The number of thioether (sulfide) groups is 1. The van der Waals surface area contributed by atoms with Crippen LogP contribution in [0.1, 0.15) is 5.69 Å². The van der Waals surface area contributed by atoms with Crippen LogP contribution in [0.5, 0.6) is 0 Å². The first-order chi connectivity index (χ1) is 8.29. The number of halogens is 3. The van der Waals surface area contributed by atoms with Crippen molar-refractivity contribution < 1.29 is 22.8 Å². The number of nitrogens with one attached hydrogen (secondary N) is 1. The smallest absolute Gasteiger partial charge is 0.351 e. The Labute approximate surface area is 103 Å². The lowest BCUT2D eigenvalue weighted by Gasteiger charge is -2.06. The molecule has 0 radical (unpaired) electrons. The molecule has 1 rings (SSSR count). The number of carbonyl (C=O) groups excluding carboxylic acids is 2. The Morgan fingerprint density at radius 2 is 2.11 bits per heavy atom. The first-order valence-electron chi connectivity index (χ1n) is 4.41. The number of imide groups is 1. The average Bonchev–Trinajstić information content (AvgIpc) is 2.25. The first-order valence-corrected chi connectivity index (χ1v) is 5.40. The summed E-state index contributed by atoms with van der Waals surface area (Å²) in [6.45, 7) is 0. The van der Waals surface area contributed by atoms with Gasteiger partial charge in [0.25, 0.3) is 0 Å². The number of primary amides is 1. The second-order valence-corrected chi connectivity index (χ2v) is 3.87. The molecule has 0 aliphatic heterocycles. The van der Waals surface area contributed by atoms with Crippen LogP contribution in [0.25, 0.3) is 0 Å².